The molecule has 1 heterocycles. The lowest BCUT2D eigenvalue weighted by Gasteiger charge is -2.37. The van der Waals surface area contributed by atoms with E-state index >= 15 is 0 Å². The zero-order chi connectivity index (χ0) is 14.8. The van der Waals surface area contributed by atoms with Crippen molar-refractivity contribution in [1.29, 1.82) is 5.26 Å². The number of rotatable bonds is 5. The fourth-order valence-corrected chi connectivity index (χ4v) is 3.15. The van der Waals surface area contributed by atoms with Gasteiger partial charge in [-0.15, -0.1) is 0 Å². The summed E-state index contributed by atoms with van der Waals surface area (Å²) in [4.78, 5) is 14.3. The molecule has 1 saturated heterocycles. The second kappa shape index (κ2) is 6.11. The molecule has 3 unspecified atom stereocenters. The van der Waals surface area contributed by atoms with E-state index in [1.807, 2.05) is 11.8 Å². The van der Waals surface area contributed by atoms with E-state index in [0.29, 0.717) is 5.92 Å². The van der Waals surface area contributed by atoms with Gasteiger partial charge in [-0.1, -0.05) is 6.42 Å². The highest BCUT2D eigenvalue weighted by atomic mass is 16.3. The molecule has 2 N–H and O–H groups in total. The maximum Gasteiger partial charge on any atom is 0.235 e. The number of carbonyl (C=O) groups excluding carboxylic acids is 1. The van der Waals surface area contributed by atoms with Gasteiger partial charge in [-0.2, -0.15) is 5.26 Å². The summed E-state index contributed by atoms with van der Waals surface area (Å²) >= 11 is 0. The zero-order valence-electron chi connectivity index (χ0n) is 12.4. The minimum Gasteiger partial charge on any atom is -0.392 e. The molecule has 2 fully saturated rings. The lowest BCUT2D eigenvalue weighted by Crippen LogP contribution is -2.54. The highest BCUT2D eigenvalue weighted by Crippen LogP contribution is 2.39. The van der Waals surface area contributed by atoms with E-state index in [-0.39, 0.29) is 18.5 Å². The Labute approximate surface area is 120 Å². The van der Waals surface area contributed by atoms with Gasteiger partial charge in [0.1, 0.15) is 5.54 Å². The number of amides is 1. The predicted molar refractivity (Wildman–Crippen MR) is 75.8 cm³/mol. The second-order valence-corrected chi connectivity index (χ2v) is 6.41. The molecule has 3 atom stereocenters. The number of nitriles is 1. The summed E-state index contributed by atoms with van der Waals surface area (Å²) in [5.74, 6) is 0.193. The van der Waals surface area contributed by atoms with Crippen LogP contribution in [0.2, 0.25) is 0 Å². The van der Waals surface area contributed by atoms with Crippen LogP contribution in [0.15, 0.2) is 0 Å². The molecule has 5 heteroatoms. The average molecular weight is 279 g/mol. The number of carbonyl (C=O) groups is 1. The van der Waals surface area contributed by atoms with E-state index < -0.39 is 11.6 Å². The first-order valence-electron chi connectivity index (χ1n) is 7.60. The van der Waals surface area contributed by atoms with Gasteiger partial charge in [-0.25, -0.2) is 0 Å². The molecular formula is C15H25N3O2. The molecule has 0 aromatic rings. The van der Waals surface area contributed by atoms with Crippen LogP contribution in [0.4, 0.5) is 0 Å². The van der Waals surface area contributed by atoms with Gasteiger partial charge in [-0.05, 0) is 52.0 Å². The van der Waals surface area contributed by atoms with E-state index in [9.17, 15) is 15.2 Å². The Bertz CT molecular complexity index is 400. The Morgan fingerprint density at radius 1 is 1.50 bits per heavy atom. The topological polar surface area (TPSA) is 76.4 Å². The van der Waals surface area contributed by atoms with Crippen molar-refractivity contribution < 1.29 is 9.90 Å². The van der Waals surface area contributed by atoms with Gasteiger partial charge in [0, 0.05) is 6.04 Å². The quantitative estimate of drug-likeness (QED) is 0.788. The van der Waals surface area contributed by atoms with E-state index in [0.717, 1.165) is 38.6 Å². The number of nitrogens with zero attached hydrogens (tertiary/aromatic N) is 2. The lowest BCUT2D eigenvalue weighted by molar-refractivity contribution is -0.125. The van der Waals surface area contributed by atoms with Crippen molar-refractivity contribution >= 4 is 5.91 Å². The third kappa shape index (κ3) is 3.50. The van der Waals surface area contributed by atoms with Crippen LogP contribution in [0, 0.1) is 17.2 Å². The Morgan fingerprint density at radius 2 is 2.20 bits per heavy atom. The maximum atomic E-state index is 12.2. The van der Waals surface area contributed by atoms with Crippen LogP contribution in [0.3, 0.4) is 0 Å². The molecule has 0 aromatic heterocycles. The number of hydrogen-bond acceptors (Lipinski definition) is 4. The van der Waals surface area contributed by atoms with Gasteiger partial charge in [0.2, 0.25) is 5.91 Å². The molecule has 0 radical (unpaired) electrons. The Morgan fingerprint density at radius 3 is 2.75 bits per heavy atom. The second-order valence-electron chi connectivity index (χ2n) is 6.41. The lowest BCUT2D eigenvalue weighted by atomic mass is 9.96. The first-order valence-corrected chi connectivity index (χ1v) is 7.60. The monoisotopic (exact) mass is 279 g/mol. The number of nitrogens with one attached hydrogen (secondary N) is 1. The molecule has 20 heavy (non-hydrogen) atoms. The molecule has 5 nitrogen and oxygen atoms in total. The van der Waals surface area contributed by atoms with Crippen LogP contribution < -0.4 is 5.32 Å². The zero-order valence-corrected chi connectivity index (χ0v) is 12.4. The molecule has 2 aliphatic rings. The van der Waals surface area contributed by atoms with Crippen LogP contribution in [0.5, 0.6) is 0 Å². The molecule has 1 amide bonds. The molecule has 0 spiro atoms. The SMILES string of the molecule is CC(O)C1CCCCN1CC(=O)NC(C)(C#N)C1CC1. The minimum atomic E-state index is -0.729. The van der Waals surface area contributed by atoms with E-state index in [2.05, 4.69) is 11.4 Å². The summed E-state index contributed by atoms with van der Waals surface area (Å²) in [6, 6.07) is 2.30. The van der Waals surface area contributed by atoms with Crippen molar-refractivity contribution in [2.75, 3.05) is 13.1 Å². The third-order valence-corrected chi connectivity index (χ3v) is 4.59. The van der Waals surface area contributed by atoms with Crippen molar-refractivity contribution in [3.63, 3.8) is 0 Å². The largest absolute Gasteiger partial charge is 0.392 e. The minimum absolute atomic E-state index is 0.0590. The maximum absolute atomic E-state index is 12.2. The highest BCUT2D eigenvalue weighted by molar-refractivity contribution is 5.79. The summed E-state index contributed by atoms with van der Waals surface area (Å²) in [7, 11) is 0. The Balaban J connectivity index is 1.91. The van der Waals surface area contributed by atoms with Crippen LogP contribution in [-0.2, 0) is 4.79 Å². The average Bonchev–Trinajstić information content (AvgIpc) is 3.23. The summed E-state index contributed by atoms with van der Waals surface area (Å²) in [5.41, 5.74) is -0.729. The molecule has 0 aromatic carbocycles. The van der Waals surface area contributed by atoms with Gasteiger partial charge >= 0.3 is 0 Å². The number of hydrogen-bond donors (Lipinski definition) is 2. The standard InChI is InChI=1S/C15H25N3O2/c1-11(19)13-5-3-4-8-18(13)9-14(20)17-15(2,10-16)12-6-7-12/h11-13,19H,3-9H2,1-2H3,(H,17,20). The summed E-state index contributed by atoms with van der Waals surface area (Å²) in [5, 5.41) is 22.0. The van der Waals surface area contributed by atoms with Gasteiger partial charge in [0.05, 0.1) is 18.7 Å². The number of aliphatic hydroxyl groups excluding tert-OH is 1. The molecule has 1 aliphatic carbocycles. The molecule has 1 aliphatic heterocycles. The van der Waals surface area contributed by atoms with Crippen molar-refractivity contribution in [2.24, 2.45) is 5.92 Å². The highest BCUT2D eigenvalue weighted by Gasteiger charge is 2.43. The number of piperidine rings is 1. The van der Waals surface area contributed by atoms with Crippen LogP contribution >= 0.6 is 0 Å². The normalized spacial score (nSPS) is 28.2. The third-order valence-electron chi connectivity index (χ3n) is 4.59. The fourth-order valence-electron chi connectivity index (χ4n) is 3.15. The van der Waals surface area contributed by atoms with Crippen molar-refractivity contribution in [3.05, 3.63) is 0 Å². The Kier molecular flexibility index (Phi) is 4.66. The first-order chi connectivity index (χ1) is 9.46. The van der Waals surface area contributed by atoms with Gasteiger partial charge in [0.25, 0.3) is 0 Å². The molecule has 0 bridgehead atoms. The van der Waals surface area contributed by atoms with Crippen LogP contribution in [0.1, 0.15) is 46.0 Å². The smallest absolute Gasteiger partial charge is 0.235 e. The summed E-state index contributed by atoms with van der Waals surface area (Å²) in [6.07, 6.45) is 4.71. The molecule has 1 saturated carbocycles. The van der Waals surface area contributed by atoms with Gasteiger partial charge in [-0.3, -0.25) is 9.69 Å². The van der Waals surface area contributed by atoms with Crippen LogP contribution in [-0.4, -0.2) is 46.7 Å². The predicted octanol–water partition coefficient (Wildman–Crippen LogP) is 1.03. The van der Waals surface area contributed by atoms with E-state index in [1.54, 1.807) is 6.92 Å². The number of likely N-dealkylation sites (tertiary alicyclic amines) is 1. The van der Waals surface area contributed by atoms with Crippen molar-refractivity contribution in [2.45, 2.75) is 63.6 Å². The van der Waals surface area contributed by atoms with E-state index in [1.165, 1.54) is 0 Å². The molecule has 2 rings (SSSR count). The molecule has 112 valence electrons. The van der Waals surface area contributed by atoms with Crippen molar-refractivity contribution in [1.82, 2.24) is 10.2 Å². The summed E-state index contributed by atoms with van der Waals surface area (Å²) in [6.45, 7) is 4.71. The van der Waals surface area contributed by atoms with E-state index in [4.69, 9.17) is 0 Å². The fraction of sp³-hybridized carbons (Fsp3) is 0.867. The van der Waals surface area contributed by atoms with Crippen LogP contribution in [0.25, 0.3) is 0 Å². The van der Waals surface area contributed by atoms with Crippen molar-refractivity contribution in [3.8, 4) is 6.07 Å². The Hall–Kier alpha value is -1.12. The summed E-state index contributed by atoms with van der Waals surface area (Å²) < 4.78 is 0. The number of aliphatic hydroxyl groups is 1. The molecular weight excluding hydrogens is 254 g/mol. The first kappa shape index (κ1) is 15.3. The van der Waals surface area contributed by atoms with Gasteiger partial charge < -0.3 is 10.4 Å². The van der Waals surface area contributed by atoms with Gasteiger partial charge in [0.15, 0.2) is 0 Å².